The molecule has 0 bridgehead atoms. The minimum Gasteiger partial charge on any atom is -0.457 e. The molecule has 0 spiro atoms. The van der Waals surface area contributed by atoms with Crippen molar-refractivity contribution in [2.24, 2.45) is 0 Å². The first kappa shape index (κ1) is 18.0. The average Bonchev–Trinajstić information content (AvgIpc) is 3.09. The zero-order valence-corrected chi connectivity index (χ0v) is 14.9. The molecule has 0 unspecified atom stereocenters. The second-order valence-electron chi connectivity index (χ2n) is 6.32. The fourth-order valence-corrected chi connectivity index (χ4v) is 3.11. The summed E-state index contributed by atoms with van der Waals surface area (Å²) in [6.45, 7) is -3.06. The second-order valence-corrected chi connectivity index (χ2v) is 6.32. The van der Waals surface area contributed by atoms with Crippen LogP contribution in [0.4, 0.5) is 8.78 Å². The number of ether oxygens (including phenoxy) is 1. The van der Waals surface area contributed by atoms with E-state index in [0.29, 0.717) is 17.5 Å². The molecule has 2 aromatic heterocycles. The number of carbonyl (C=O) groups excluding carboxylic acids is 1. The van der Waals surface area contributed by atoms with Crippen molar-refractivity contribution in [1.82, 2.24) is 14.5 Å². The number of aromatic nitrogens is 3. The first-order valence-electron chi connectivity index (χ1n) is 8.86. The Morgan fingerprint density at radius 3 is 2.54 bits per heavy atom. The van der Waals surface area contributed by atoms with E-state index in [-0.39, 0.29) is 18.9 Å². The lowest BCUT2D eigenvalue weighted by Gasteiger charge is -2.08. The Hall–Kier alpha value is -3.35. The average molecular weight is 381 g/mol. The fraction of sp³-hybridized carbons (Fsp3) is 0.190. The van der Waals surface area contributed by atoms with Crippen LogP contribution in [0.2, 0.25) is 0 Å². The molecule has 7 heteroatoms. The maximum atomic E-state index is 13.4. The summed E-state index contributed by atoms with van der Waals surface area (Å²) in [4.78, 5) is 20.7. The van der Waals surface area contributed by atoms with E-state index >= 15 is 0 Å². The van der Waals surface area contributed by atoms with Gasteiger partial charge in [-0.2, -0.15) is 8.78 Å². The van der Waals surface area contributed by atoms with Gasteiger partial charge in [-0.15, -0.1) is 0 Å². The number of rotatable bonds is 6. The van der Waals surface area contributed by atoms with Crippen molar-refractivity contribution in [1.29, 1.82) is 0 Å². The highest BCUT2D eigenvalue weighted by atomic mass is 19.3. The number of halogens is 2. The lowest BCUT2D eigenvalue weighted by molar-refractivity contribution is -0.145. The first-order chi connectivity index (χ1) is 13.6. The van der Waals surface area contributed by atoms with Gasteiger partial charge in [-0.25, -0.2) is 4.98 Å². The molecule has 28 heavy (non-hydrogen) atoms. The number of benzene rings is 2. The lowest BCUT2D eigenvalue weighted by Crippen LogP contribution is -2.11. The van der Waals surface area contributed by atoms with Gasteiger partial charge in [-0.05, 0) is 24.3 Å². The zero-order chi connectivity index (χ0) is 19.5. The van der Waals surface area contributed by atoms with E-state index < -0.39 is 12.5 Å². The van der Waals surface area contributed by atoms with Crippen molar-refractivity contribution in [2.45, 2.75) is 26.0 Å². The Kier molecular flexibility index (Phi) is 4.97. The number of esters is 1. The predicted molar refractivity (Wildman–Crippen MR) is 101 cm³/mol. The monoisotopic (exact) mass is 381 g/mol. The molecule has 142 valence electrons. The van der Waals surface area contributed by atoms with Crippen LogP contribution in [0.5, 0.6) is 0 Å². The molecule has 0 aliphatic carbocycles. The third-order valence-electron chi connectivity index (χ3n) is 4.47. The smallest absolute Gasteiger partial charge is 0.320 e. The van der Waals surface area contributed by atoms with E-state index in [9.17, 15) is 13.6 Å². The van der Waals surface area contributed by atoms with Crippen molar-refractivity contribution < 1.29 is 18.3 Å². The normalized spacial score (nSPS) is 11.4. The van der Waals surface area contributed by atoms with Gasteiger partial charge in [0.15, 0.2) is 5.82 Å². The summed E-state index contributed by atoms with van der Waals surface area (Å²) in [5.74, 6) is -0.462. The molecular weight excluding hydrogens is 364 g/mol. The maximum absolute atomic E-state index is 13.4. The van der Waals surface area contributed by atoms with Crippen molar-refractivity contribution >= 4 is 27.9 Å². The summed E-state index contributed by atoms with van der Waals surface area (Å²) in [5, 5.41) is 1.03. The van der Waals surface area contributed by atoms with E-state index in [1.54, 1.807) is 24.3 Å². The lowest BCUT2D eigenvalue weighted by atomic mass is 10.1. The molecule has 2 heterocycles. The van der Waals surface area contributed by atoms with Crippen LogP contribution in [0.1, 0.15) is 24.5 Å². The van der Waals surface area contributed by atoms with Gasteiger partial charge in [0.05, 0.1) is 23.0 Å². The van der Waals surface area contributed by atoms with Crippen LogP contribution >= 0.6 is 0 Å². The number of aryl methyl sites for hydroxylation is 1. The number of pyridine rings is 1. The number of imidazole rings is 1. The minimum absolute atomic E-state index is 0.0216. The molecule has 0 atom stereocenters. The molecule has 4 rings (SSSR count). The van der Waals surface area contributed by atoms with E-state index in [0.717, 1.165) is 21.2 Å². The van der Waals surface area contributed by atoms with E-state index in [1.165, 1.54) is 0 Å². The molecule has 0 aliphatic rings. The predicted octanol–water partition coefficient (Wildman–Crippen LogP) is 4.66. The highest BCUT2D eigenvalue weighted by Crippen LogP contribution is 2.23. The van der Waals surface area contributed by atoms with Crippen LogP contribution < -0.4 is 0 Å². The molecule has 0 fully saturated rings. The summed E-state index contributed by atoms with van der Waals surface area (Å²) in [5.41, 5.74) is 2.38. The summed E-state index contributed by atoms with van der Waals surface area (Å²) >= 11 is 0. The van der Waals surface area contributed by atoms with Crippen molar-refractivity contribution in [3.63, 3.8) is 0 Å². The maximum Gasteiger partial charge on any atom is 0.320 e. The molecule has 0 aliphatic heterocycles. The highest BCUT2D eigenvalue weighted by molar-refractivity contribution is 5.78. The van der Waals surface area contributed by atoms with E-state index in [4.69, 9.17) is 4.74 Å². The van der Waals surface area contributed by atoms with Gasteiger partial charge in [0.25, 0.3) is 0 Å². The zero-order valence-electron chi connectivity index (χ0n) is 14.9. The summed E-state index contributed by atoms with van der Waals surface area (Å²) in [7, 11) is 0. The van der Waals surface area contributed by atoms with Gasteiger partial charge in [-0.1, -0.05) is 36.4 Å². The van der Waals surface area contributed by atoms with Crippen LogP contribution in [0, 0.1) is 0 Å². The third-order valence-corrected chi connectivity index (χ3v) is 4.47. The Bertz CT molecular complexity index is 1140. The number of fused-ring (bicyclic) bond motifs is 2. The Balaban J connectivity index is 1.40. The molecule has 2 aromatic carbocycles. The standard InChI is InChI=1S/C21H17F2N3O2/c22-21(23)26-18-8-4-3-7-17(18)25-19(26)13-28-20(27)12-11-15-10-9-14-5-1-2-6-16(14)24-15/h1-10,21H,11-13H2. The van der Waals surface area contributed by atoms with Crippen LogP contribution in [0.15, 0.2) is 60.7 Å². The Morgan fingerprint density at radius 2 is 1.71 bits per heavy atom. The highest BCUT2D eigenvalue weighted by Gasteiger charge is 2.18. The molecule has 0 saturated carbocycles. The number of para-hydroxylation sites is 3. The van der Waals surface area contributed by atoms with Gasteiger partial charge in [-0.3, -0.25) is 14.3 Å². The number of alkyl halides is 2. The number of carbonyl (C=O) groups is 1. The Labute approximate surface area is 159 Å². The molecule has 0 amide bonds. The van der Waals surface area contributed by atoms with Crippen molar-refractivity contribution in [2.75, 3.05) is 0 Å². The summed E-state index contributed by atoms with van der Waals surface area (Å²) in [6, 6.07) is 18.1. The Morgan fingerprint density at radius 1 is 0.964 bits per heavy atom. The quantitative estimate of drug-likeness (QED) is 0.456. The third kappa shape index (κ3) is 3.69. The van der Waals surface area contributed by atoms with Gasteiger partial charge in [0, 0.05) is 17.5 Å². The SMILES string of the molecule is O=C(CCc1ccc2ccccc2n1)OCc1nc2ccccc2n1C(F)F. The molecule has 0 N–H and O–H groups in total. The molecule has 0 radical (unpaired) electrons. The van der Waals surface area contributed by atoms with Crippen LogP contribution in [-0.2, 0) is 22.6 Å². The number of hydrogen-bond acceptors (Lipinski definition) is 4. The number of hydrogen-bond donors (Lipinski definition) is 0. The molecular formula is C21H17F2N3O2. The van der Waals surface area contributed by atoms with Crippen LogP contribution in [-0.4, -0.2) is 20.5 Å². The van der Waals surface area contributed by atoms with E-state index in [2.05, 4.69) is 9.97 Å². The van der Waals surface area contributed by atoms with Gasteiger partial charge >= 0.3 is 12.5 Å². The number of nitrogens with zero attached hydrogens (tertiary/aromatic N) is 3. The van der Waals surface area contributed by atoms with Crippen LogP contribution in [0.25, 0.3) is 21.9 Å². The summed E-state index contributed by atoms with van der Waals surface area (Å²) in [6.07, 6.45) is 0.523. The largest absolute Gasteiger partial charge is 0.457 e. The molecule has 4 aromatic rings. The minimum atomic E-state index is -2.76. The van der Waals surface area contributed by atoms with Gasteiger partial charge in [0.2, 0.25) is 0 Å². The first-order valence-corrected chi connectivity index (χ1v) is 8.86. The molecule has 5 nitrogen and oxygen atoms in total. The summed E-state index contributed by atoms with van der Waals surface area (Å²) < 4.78 is 32.7. The second kappa shape index (κ2) is 7.72. The van der Waals surface area contributed by atoms with Gasteiger partial charge < -0.3 is 4.74 Å². The van der Waals surface area contributed by atoms with Crippen molar-refractivity contribution in [3.8, 4) is 0 Å². The topological polar surface area (TPSA) is 57.0 Å². The van der Waals surface area contributed by atoms with E-state index in [1.807, 2.05) is 36.4 Å². The van der Waals surface area contributed by atoms with Crippen molar-refractivity contribution in [3.05, 3.63) is 72.2 Å². The van der Waals surface area contributed by atoms with Crippen LogP contribution in [0.3, 0.4) is 0 Å². The molecule has 0 saturated heterocycles. The fourth-order valence-electron chi connectivity index (χ4n) is 3.11. The van der Waals surface area contributed by atoms with Gasteiger partial charge in [0.1, 0.15) is 6.61 Å².